The Labute approximate surface area is 269 Å². The normalized spacial score (nSPS) is 9.39. The van der Waals surface area contributed by atoms with E-state index >= 15 is 0 Å². The fourth-order valence-electron chi connectivity index (χ4n) is 2.33. The summed E-state index contributed by atoms with van der Waals surface area (Å²) in [5, 5.41) is 16.5. The number of allylic oxidation sites excluding steroid dienone is 2. The Kier molecular flexibility index (Phi) is 26.0. The number of aliphatic imine (C=N–C) groups is 1. The predicted octanol–water partition coefficient (Wildman–Crippen LogP) is 5.19. The molecule has 0 heterocycles. The van der Waals surface area contributed by atoms with Crippen LogP contribution in [0.1, 0.15) is 31.9 Å². The summed E-state index contributed by atoms with van der Waals surface area (Å²) in [6, 6.07) is 19.2. The highest BCUT2D eigenvalue weighted by molar-refractivity contribution is 5.87. The molecule has 0 aliphatic carbocycles. The maximum absolute atomic E-state index is 11.0. The molecule has 11 nitrogen and oxygen atoms in total. The van der Waals surface area contributed by atoms with Crippen molar-refractivity contribution in [3.8, 4) is 0 Å². The maximum atomic E-state index is 11.0. The van der Waals surface area contributed by atoms with Crippen molar-refractivity contribution in [1.82, 2.24) is 0 Å². The minimum Gasteiger partial charge on any atom is -0.478 e. The Morgan fingerprint density at radius 1 is 0.761 bits per heavy atom. The van der Waals surface area contributed by atoms with Gasteiger partial charge < -0.3 is 24.4 Å². The molecular formula is C35H41NO10. The number of esters is 3. The number of carbonyl (C=O) groups is 4. The van der Waals surface area contributed by atoms with Crippen molar-refractivity contribution < 1.29 is 48.4 Å². The molecule has 0 atom stereocenters. The number of ether oxygens (including phenoxy) is 3. The molecule has 2 aromatic rings. The third kappa shape index (κ3) is 27.2. The molecule has 2 N–H and O–H groups in total. The van der Waals surface area contributed by atoms with E-state index in [1.807, 2.05) is 66.7 Å². The Bertz CT molecular complexity index is 1360. The van der Waals surface area contributed by atoms with Crippen LogP contribution in [-0.2, 0) is 44.8 Å². The summed E-state index contributed by atoms with van der Waals surface area (Å²) in [4.78, 5) is 54.9. The number of benzene rings is 2. The Hall–Kier alpha value is -5.64. The van der Waals surface area contributed by atoms with Gasteiger partial charge >= 0.3 is 23.9 Å². The van der Waals surface area contributed by atoms with Crippen LogP contribution in [0.4, 0.5) is 0 Å². The summed E-state index contributed by atoms with van der Waals surface area (Å²) in [5.74, 6) is -2.20. The third-order valence-corrected chi connectivity index (χ3v) is 4.52. The number of rotatable bonds is 13. The van der Waals surface area contributed by atoms with Crippen LogP contribution < -0.4 is 0 Å². The van der Waals surface area contributed by atoms with Gasteiger partial charge in [-0.05, 0) is 31.9 Å². The second-order valence-electron chi connectivity index (χ2n) is 8.84. The highest BCUT2D eigenvalue weighted by Crippen LogP contribution is 2.03. The summed E-state index contributed by atoms with van der Waals surface area (Å²) in [7, 11) is 0. The fraction of sp³-hybridized carbons (Fsp3) is 0.229. The van der Waals surface area contributed by atoms with E-state index in [0.29, 0.717) is 23.3 Å². The van der Waals surface area contributed by atoms with Crippen molar-refractivity contribution in [2.24, 2.45) is 4.99 Å². The van der Waals surface area contributed by atoms with E-state index in [4.69, 9.17) is 14.9 Å². The summed E-state index contributed by atoms with van der Waals surface area (Å²) in [6.45, 7) is 15.4. The van der Waals surface area contributed by atoms with E-state index in [0.717, 1.165) is 17.2 Å². The lowest BCUT2D eigenvalue weighted by atomic mass is 10.2. The summed E-state index contributed by atoms with van der Waals surface area (Å²) in [5.41, 5.74) is 3.15. The zero-order chi connectivity index (χ0) is 35.2. The molecule has 246 valence electrons. The van der Waals surface area contributed by atoms with Crippen LogP contribution in [0.5, 0.6) is 0 Å². The molecule has 0 saturated carbocycles. The lowest BCUT2D eigenvalue weighted by molar-refractivity contribution is -0.140. The average Bonchev–Trinajstić information content (AvgIpc) is 3.04. The van der Waals surface area contributed by atoms with Crippen LogP contribution in [0.2, 0.25) is 0 Å². The second-order valence-corrected chi connectivity index (χ2v) is 8.84. The smallest absolute Gasteiger partial charge is 0.333 e. The molecule has 0 amide bonds. The van der Waals surface area contributed by atoms with Gasteiger partial charge in [-0.3, -0.25) is 0 Å². The van der Waals surface area contributed by atoms with Gasteiger partial charge in [-0.15, -0.1) is 0 Å². The van der Waals surface area contributed by atoms with Gasteiger partial charge in [0.05, 0.1) is 13.2 Å². The van der Waals surface area contributed by atoms with Crippen molar-refractivity contribution in [2.45, 2.75) is 27.4 Å². The monoisotopic (exact) mass is 635 g/mol. The first-order chi connectivity index (χ1) is 21.8. The van der Waals surface area contributed by atoms with Gasteiger partial charge in [0.15, 0.2) is 0 Å². The SMILES string of the molecule is C=C(C)C(=O)OCCN=C=O.C=C(C)C(=O)OCCO.C=C(C)C(=O)OCc1ccccc1.O=C(O)C=CC=Cc1ccccc1. The number of hydrogen-bond acceptors (Lipinski definition) is 10. The number of hydrogen-bond donors (Lipinski definition) is 2. The van der Waals surface area contributed by atoms with Gasteiger partial charge in [-0.25, -0.2) is 29.0 Å². The molecular weight excluding hydrogens is 594 g/mol. The number of carboxylic acid groups (broad SMARTS) is 1. The first-order valence-electron chi connectivity index (χ1n) is 13.6. The van der Waals surface area contributed by atoms with E-state index < -0.39 is 17.9 Å². The molecule has 0 aliphatic heterocycles. The quantitative estimate of drug-likeness (QED) is 0.0569. The molecule has 11 heteroatoms. The number of carbonyl (C=O) groups excluding carboxylic acids is 4. The number of aliphatic hydroxyl groups is 1. The van der Waals surface area contributed by atoms with Gasteiger partial charge in [-0.1, -0.05) is 98.6 Å². The molecule has 0 saturated heterocycles. The Morgan fingerprint density at radius 3 is 1.70 bits per heavy atom. The molecule has 2 aromatic carbocycles. The van der Waals surface area contributed by atoms with Crippen molar-refractivity contribution in [3.05, 3.63) is 126 Å². The number of nitrogens with zero attached hydrogens (tertiary/aromatic N) is 1. The van der Waals surface area contributed by atoms with Gasteiger partial charge in [0, 0.05) is 22.8 Å². The lowest BCUT2D eigenvalue weighted by Gasteiger charge is -2.03. The van der Waals surface area contributed by atoms with Gasteiger partial charge in [0.25, 0.3) is 0 Å². The topological polar surface area (TPSA) is 166 Å². The van der Waals surface area contributed by atoms with E-state index in [1.54, 1.807) is 26.8 Å². The number of aliphatic carboxylic acids is 1. The van der Waals surface area contributed by atoms with Crippen LogP contribution in [0.3, 0.4) is 0 Å². The van der Waals surface area contributed by atoms with E-state index in [9.17, 15) is 24.0 Å². The van der Waals surface area contributed by atoms with Crippen LogP contribution in [0.25, 0.3) is 6.08 Å². The molecule has 0 bridgehead atoms. The fourth-order valence-corrected chi connectivity index (χ4v) is 2.33. The van der Waals surface area contributed by atoms with Crippen LogP contribution in [0.15, 0.2) is 120 Å². The van der Waals surface area contributed by atoms with Gasteiger partial charge in [-0.2, -0.15) is 0 Å². The third-order valence-electron chi connectivity index (χ3n) is 4.52. The number of isocyanates is 1. The first-order valence-corrected chi connectivity index (χ1v) is 13.6. The number of carboxylic acids is 1. The highest BCUT2D eigenvalue weighted by Gasteiger charge is 2.03. The summed E-state index contributed by atoms with van der Waals surface area (Å²) in [6.07, 6.45) is 7.47. The molecule has 0 aromatic heterocycles. The van der Waals surface area contributed by atoms with Crippen molar-refractivity contribution in [2.75, 3.05) is 26.4 Å². The largest absolute Gasteiger partial charge is 0.478 e. The van der Waals surface area contributed by atoms with Gasteiger partial charge in [0.2, 0.25) is 6.08 Å². The average molecular weight is 636 g/mol. The van der Waals surface area contributed by atoms with Crippen LogP contribution in [-0.4, -0.2) is 66.5 Å². The molecule has 46 heavy (non-hydrogen) atoms. The Balaban J connectivity index is 0. The number of aliphatic hydroxyl groups excluding tert-OH is 1. The van der Waals surface area contributed by atoms with E-state index in [-0.39, 0.29) is 32.3 Å². The zero-order valence-electron chi connectivity index (χ0n) is 26.3. The molecule has 0 unspecified atom stereocenters. The maximum Gasteiger partial charge on any atom is 0.333 e. The zero-order valence-corrected chi connectivity index (χ0v) is 26.3. The van der Waals surface area contributed by atoms with Crippen LogP contribution in [0, 0.1) is 0 Å². The molecule has 0 fully saturated rings. The first kappa shape index (κ1) is 42.5. The van der Waals surface area contributed by atoms with Crippen LogP contribution >= 0.6 is 0 Å². The summed E-state index contributed by atoms with van der Waals surface area (Å²) < 4.78 is 14.0. The van der Waals surface area contributed by atoms with E-state index in [1.165, 1.54) is 12.2 Å². The second kappa shape index (κ2) is 28.1. The predicted molar refractivity (Wildman–Crippen MR) is 175 cm³/mol. The van der Waals surface area contributed by atoms with E-state index in [2.05, 4.69) is 34.2 Å². The Morgan fingerprint density at radius 2 is 1.24 bits per heavy atom. The lowest BCUT2D eigenvalue weighted by Crippen LogP contribution is -2.08. The summed E-state index contributed by atoms with van der Waals surface area (Å²) >= 11 is 0. The minimum atomic E-state index is -0.933. The van der Waals surface area contributed by atoms with Crippen molar-refractivity contribution in [1.29, 1.82) is 0 Å². The molecule has 2 rings (SSSR count). The molecule has 0 radical (unpaired) electrons. The highest BCUT2D eigenvalue weighted by atomic mass is 16.5. The minimum absolute atomic E-state index is 0.0473. The molecule has 0 aliphatic rings. The standard InChI is InChI=1S/C11H12O2.C11H10O2.C7H9NO3.C6H10O3/c1-9(2)11(12)13-8-10-6-4-3-5-7-10;12-11(13)9-5-4-8-10-6-2-1-3-7-10;1-6(2)7(10)11-4-3-8-5-9;1-5(2)6(8)9-4-3-7/h3-7H,1,8H2,2H3;1-9H,(H,12,13);1,3-4H2,2H3;7H,1,3-4H2,2H3. The van der Waals surface area contributed by atoms with Crippen molar-refractivity contribution in [3.63, 3.8) is 0 Å². The molecule has 0 spiro atoms. The van der Waals surface area contributed by atoms with Gasteiger partial charge in [0.1, 0.15) is 19.8 Å². The van der Waals surface area contributed by atoms with Crippen molar-refractivity contribution >= 4 is 36.0 Å².